The Bertz CT molecular complexity index is 477. The van der Waals surface area contributed by atoms with Crippen LogP contribution < -0.4 is 10.1 Å². The van der Waals surface area contributed by atoms with Gasteiger partial charge in [0.05, 0.1) is 11.6 Å². The second kappa shape index (κ2) is 6.14. The zero-order valence-electron chi connectivity index (χ0n) is 9.62. The van der Waals surface area contributed by atoms with Gasteiger partial charge in [-0.1, -0.05) is 0 Å². The van der Waals surface area contributed by atoms with E-state index < -0.39 is 24.6 Å². The smallest absolute Gasteiger partial charge is 0.328 e. The summed E-state index contributed by atoms with van der Waals surface area (Å²) in [6.07, 6.45) is 0. The quantitative estimate of drug-likeness (QED) is 0.860. The molecule has 0 radical (unpaired) electrons. The van der Waals surface area contributed by atoms with Gasteiger partial charge in [-0.15, -0.1) is 11.3 Å². The number of carboxylic acid groups (broad SMARTS) is 1. The summed E-state index contributed by atoms with van der Waals surface area (Å²) in [6.45, 7) is 0.604. The summed E-state index contributed by atoms with van der Waals surface area (Å²) in [5.74, 6) is -1.77. The molecule has 0 aliphatic rings. The molecule has 1 heterocycles. The maximum atomic E-state index is 12.4. The third-order valence-electron chi connectivity index (χ3n) is 2.14. The van der Waals surface area contributed by atoms with Crippen LogP contribution in [-0.2, 0) is 4.79 Å². The number of nitrogens with one attached hydrogen (secondary N) is 1. The van der Waals surface area contributed by atoms with Crippen molar-refractivity contribution in [3.8, 4) is 5.75 Å². The molecule has 18 heavy (non-hydrogen) atoms. The van der Waals surface area contributed by atoms with Crippen molar-refractivity contribution in [2.24, 2.45) is 0 Å². The fourth-order valence-corrected chi connectivity index (χ4v) is 2.88. The van der Waals surface area contributed by atoms with Gasteiger partial charge in [0.25, 0.3) is 5.91 Å². The van der Waals surface area contributed by atoms with E-state index in [1.54, 1.807) is 6.92 Å². The highest BCUT2D eigenvalue weighted by Crippen LogP contribution is 2.38. The van der Waals surface area contributed by atoms with Crippen LogP contribution in [0.4, 0.5) is 4.39 Å². The minimum atomic E-state index is -1.55. The molecule has 0 aliphatic heterocycles. The molecule has 1 aromatic heterocycles. The Hall–Kier alpha value is -1.15. The van der Waals surface area contributed by atoms with Crippen molar-refractivity contribution < 1.29 is 23.8 Å². The summed E-state index contributed by atoms with van der Waals surface area (Å²) >= 11 is 4.40. The van der Waals surface area contributed by atoms with Crippen LogP contribution in [0.5, 0.6) is 5.75 Å². The predicted octanol–water partition coefficient (Wildman–Crippen LogP) is 1.98. The van der Waals surface area contributed by atoms with Crippen LogP contribution in [0.3, 0.4) is 0 Å². The van der Waals surface area contributed by atoms with Crippen molar-refractivity contribution in [1.82, 2.24) is 5.32 Å². The number of methoxy groups -OCH3 is 1. The molecule has 0 bridgehead atoms. The van der Waals surface area contributed by atoms with Crippen molar-refractivity contribution in [2.45, 2.75) is 13.0 Å². The van der Waals surface area contributed by atoms with Gasteiger partial charge < -0.3 is 15.2 Å². The van der Waals surface area contributed by atoms with Crippen molar-refractivity contribution in [3.63, 3.8) is 0 Å². The molecule has 8 heteroatoms. The van der Waals surface area contributed by atoms with Crippen molar-refractivity contribution >= 4 is 39.1 Å². The summed E-state index contributed by atoms with van der Waals surface area (Å²) < 4.78 is 18.1. The Morgan fingerprint density at radius 1 is 1.61 bits per heavy atom. The molecule has 5 nitrogen and oxygen atoms in total. The zero-order chi connectivity index (χ0) is 13.9. The molecule has 1 aromatic rings. The number of aryl methyl sites for hydroxylation is 1. The lowest BCUT2D eigenvalue weighted by Crippen LogP contribution is -2.42. The van der Waals surface area contributed by atoms with Gasteiger partial charge in [-0.3, -0.25) is 4.79 Å². The highest BCUT2D eigenvalue weighted by Gasteiger charge is 2.25. The van der Waals surface area contributed by atoms with Crippen LogP contribution in [0.2, 0.25) is 0 Å². The van der Waals surface area contributed by atoms with E-state index in [-0.39, 0.29) is 4.88 Å². The zero-order valence-corrected chi connectivity index (χ0v) is 12.0. The molecule has 1 atom stereocenters. The number of hydrogen-bond acceptors (Lipinski definition) is 4. The van der Waals surface area contributed by atoms with E-state index in [1.807, 2.05) is 0 Å². The molecule has 1 unspecified atom stereocenters. The number of carbonyl (C=O) groups is 2. The molecule has 0 spiro atoms. The molecule has 1 amide bonds. The summed E-state index contributed by atoms with van der Waals surface area (Å²) in [4.78, 5) is 23.5. The molecule has 0 aromatic carbocycles. The monoisotopic (exact) mass is 339 g/mol. The molecule has 0 saturated carbocycles. The van der Waals surface area contributed by atoms with Crippen molar-refractivity contribution in [1.29, 1.82) is 0 Å². The highest BCUT2D eigenvalue weighted by molar-refractivity contribution is 9.10. The standard InChI is InChI=1S/C10H11BrFNO4S/c1-4-6(11)7(17-2)8(18-4)9(14)13-5(3-12)10(15)16/h5H,3H2,1-2H3,(H,13,14)(H,15,16). The van der Waals surface area contributed by atoms with E-state index in [4.69, 9.17) is 9.84 Å². The first kappa shape index (κ1) is 14.9. The van der Waals surface area contributed by atoms with Gasteiger partial charge in [0.1, 0.15) is 11.6 Å². The first-order valence-electron chi connectivity index (χ1n) is 4.84. The summed E-state index contributed by atoms with van der Waals surface area (Å²) in [7, 11) is 1.40. The van der Waals surface area contributed by atoms with Crippen LogP contribution in [-0.4, -0.2) is 36.8 Å². The maximum absolute atomic E-state index is 12.4. The number of aliphatic carboxylic acids is 1. The molecule has 0 aliphatic carbocycles. The minimum Gasteiger partial charge on any atom is -0.494 e. The van der Waals surface area contributed by atoms with E-state index >= 15 is 0 Å². The van der Waals surface area contributed by atoms with Gasteiger partial charge >= 0.3 is 5.97 Å². The van der Waals surface area contributed by atoms with E-state index in [2.05, 4.69) is 21.2 Å². The molecule has 2 N–H and O–H groups in total. The molecule has 100 valence electrons. The van der Waals surface area contributed by atoms with Crippen LogP contribution >= 0.6 is 27.3 Å². The van der Waals surface area contributed by atoms with E-state index in [0.717, 1.165) is 16.2 Å². The Balaban J connectivity index is 2.97. The van der Waals surface area contributed by atoms with Crippen LogP contribution in [0.15, 0.2) is 4.47 Å². The van der Waals surface area contributed by atoms with E-state index in [0.29, 0.717) is 10.2 Å². The summed E-state index contributed by atoms with van der Waals surface area (Å²) in [5, 5.41) is 10.8. The number of hydrogen-bond donors (Lipinski definition) is 2. The van der Waals surface area contributed by atoms with Gasteiger partial charge in [0.15, 0.2) is 11.8 Å². The lowest BCUT2D eigenvalue weighted by Gasteiger charge is -2.10. The van der Waals surface area contributed by atoms with Gasteiger partial charge in [-0.25, -0.2) is 9.18 Å². The molecular weight excluding hydrogens is 329 g/mol. The fraction of sp³-hybridized carbons (Fsp3) is 0.400. The minimum absolute atomic E-state index is 0.210. The number of carbonyl (C=O) groups excluding carboxylic acids is 1. The first-order valence-corrected chi connectivity index (χ1v) is 6.45. The highest BCUT2D eigenvalue weighted by atomic mass is 79.9. The Kier molecular flexibility index (Phi) is 5.09. The SMILES string of the molecule is COc1c(C(=O)NC(CF)C(=O)O)sc(C)c1Br. The summed E-state index contributed by atoms with van der Waals surface area (Å²) in [5.41, 5.74) is 0. The lowest BCUT2D eigenvalue weighted by atomic mass is 10.3. The van der Waals surface area contributed by atoms with Gasteiger partial charge in [0, 0.05) is 4.88 Å². The molecule has 0 saturated heterocycles. The van der Waals surface area contributed by atoms with Crippen molar-refractivity contribution in [2.75, 3.05) is 13.8 Å². The van der Waals surface area contributed by atoms with E-state index in [1.165, 1.54) is 7.11 Å². The molecule has 1 rings (SSSR count). The number of ether oxygens (including phenoxy) is 1. The summed E-state index contributed by atoms with van der Waals surface area (Å²) in [6, 6.07) is -1.55. The van der Waals surface area contributed by atoms with Crippen molar-refractivity contribution in [3.05, 3.63) is 14.2 Å². The predicted molar refractivity (Wildman–Crippen MR) is 68.2 cm³/mol. The number of thiophene rings is 1. The second-order valence-electron chi connectivity index (χ2n) is 3.35. The number of alkyl halides is 1. The number of rotatable bonds is 5. The average Bonchev–Trinajstić information content (AvgIpc) is 2.61. The lowest BCUT2D eigenvalue weighted by molar-refractivity contribution is -0.139. The maximum Gasteiger partial charge on any atom is 0.328 e. The van der Waals surface area contributed by atoms with Crippen LogP contribution in [0.1, 0.15) is 14.5 Å². The first-order chi connectivity index (χ1) is 8.42. The second-order valence-corrected chi connectivity index (χ2v) is 5.37. The Morgan fingerprint density at radius 2 is 2.22 bits per heavy atom. The number of carboxylic acids is 1. The molecule has 0 fully saturated rings. The molecular formula is C10H11BrFNO4S. The third-order valence-corrected chi connectivity index (χ3v) is 4.44. The average molecular weight is 340 g/mol. The normalized spacial score (nSPS) is 12.0. The Labute approximate surface area is 115 Å². The fourth-order valence-electron chi connectivity index (χ4n) is 1.23. The van der Waals surface area contributed by atoms with Gasteiger partial charge in [-0.05, 0) is 22.9 Å². The largest absolute Gasteiger partial charge is 0.494 e. The third kappa shape index (κ3) is 2.99. The number of halogens is 2. The topological polar surface area (TPSA) is 75.6 Å². The van der Waals surface area contributed by atoms with Crippen LogP contribution in [0, 0.1) is 6.92 Å². The van der Waals surface area contributed by atoms with E-state index in [9.17, 15) is 14.0 Å². The number of amides is 1. The van der Waals surface area contributed by atoms with Gasteiger partial charge in [-0.2, -0.15) is 0 Å². The van der Waals surface area contributed by atoms with Gasteiger partial charge in [0.2, 0.25) is 0 Å². The Morgan fingerprint density at radius 3 is 2.67 bits per heavy atom. The van der Waals surface area contributed by atoms with Crippen LogP contribution in [0.25, 0.3) is 0 Å².